The number of aryl methyl sites for hydroxylation is 1. The number of methoxy groups -OCH3 is 1. The van der Waals surface area contributed by atoms with Gasteiger partial charge in [0.2, 0.25) is 0 Å². The number of ether oxygens (including phenoxy) is 1. The van der Waals surface area contributed by atoms with Crippen LogP contribution < -0.4 is 15.4 Å². The second-order valence-electron chi connectivity index (χ2n) is 6.65. The molecule has 2 aromatic heterocycles. The van der Waals surface area contributed by atoms with Crippen LogP contribution in [0.2, 0.25) is 0 Å². The number of pyridine rings is 1. The van der Waals surface area contributed by atoms with Crippen LogP contribution in [-0.4, -0.2) is 36.6 Å². The molecule has 6 nitrogen and oxygen atoms in total. The minimum Gasteiger partial charge on any atom is -0.496 e. The van der Waals surface area contributed by atoms with E-state index in [2.05, 4.69) is 25.6 Å². The molecular weight excluding hydrogens is 484 g/mol. The summed E-state index contributed by atoms with van der Waals surface area (Å²) in [5.74, 6) is 1.33. The maximum atomic E-state index is 13.3. The lowest BCUT2D eigenvalue weighted by molar-refractivity contribution is 0.406. The van der Waals surface area contributed by atoms with Crippen LogP contribution >= 0.6 is 24.0 Å². The number of hydrogen-bond acceptors (Lipinski definition) is 3. The van der Waals surface area contributed by atoms with Gasteiger partial charge in [-0.25, -0.2) is 4.39 Å². The first-order valence-corrected chi connectivity index (χ1v) is 9.22. The second-order valence-corrected chi connectivity index (χ2v) is 6.65. The number of aromatic nitrogens is 2. The van der Waals surface area contributed by atoms with E-state index in [1.807, 2.05) is 32.3 Å². The third-order valence-corrected chi connectivity index (χ3v) is 4.81. The molecule has 3 rings (SSSR count). The van der Waals surface area contributed by atoms with E-state index in [1.54, 1.807) is 14.2 Å². The summed E-state index contributed by atoms with van der Waals surface area (Å²) < 4.78 is 18.8. The molecule has 0 amide bonds. The SMILES string of the molecule is CN=C(NCCc1c[nH]c2cc(F)ccc12)NCc1ncc(C)c(OC)c1C.I. The van der Waals surface area contributed by atoms with Gasteiger partial charge >= 0.3 is 0 Å². The van der Waals surface area contributed by atoms with Crippen molar-refractivity contribution in [3.63, 3.8) is 0 Å². The Morgan fingerprint density at radius 1 is 1.28 bits per heavy atom. The van der Waals surface area contributed by atoms with Crippen molar-refractivity contribution in [2.24, 2.45) is 4.99 Å². The Hall–Kier alpha value is -2.36. The number of nitrogens with one attached hydrogen (secondary N) is 3. The van der Waals surface area contributed by atoms with Crippen molar-refractivity contribution in [2.45, 2.75) is 26.8 Å². The predicted molar refractivity (Wildman–Crippen MR) is 126 cm³/mol. The van der Waals surface area contributed by atoms with Crippen LogP contribution in [0.25, 0.3) is 10.9 Å². The topological polar surface area (TPSA) is 74.3 Å². The zero-order chi connectivity index (χ0) is 20.1. The van der Waals surface area contributed by atoms with Gasteiger partial charge in [-0.05, 0) is 44.0 Å². The Bertz CT molecular complexity index is 1000. The van der Waals surface area contributed by atoms with Crippen LogP contribution in [-0.2, 0) is 13.0 Å². The first-order valence-electron chi connectivity index (χ1n) is 9.22. The highest BCUT2D eigenvalue weighted by molar-refractivity contribution is 14.0. The third-order valence-electron chi connectivity index (χ3n) is 4.81. The molecule has 0 aliphatic rings. The average molecular weight is 511 g/mol. The van der Waals surface area contributed by atoms with E-state index in [9.17, 15) is 4.39 Å². The lowest BCUT2D eigenvalue weighted by Crippen LogP contribution is -2.38. The zero-order valence-corrected chi connectivity index (χ0v) is 19.4. The van der Waals surface area contributed by atoms with Crippen molar-refractivity contribution in [2.75, 3.05) is 20.7 Å². The molecule has 0 atom stereocenters. The number of benzene rings is 1. The van der Waals surface area contributed by atoms with Gasteiger partial charge in [0, 0.05) is 48.0 Å². The zero-order valence-electron chi connectivity index (χ0n) is 17.1. The second kappa shape index (κ2) is 10.4. The molecule has 0 saturated carbocycles. The largest absolute Gasteiger partial charge is 0.496 e. The Morgan fingerprint density at radius 2 is 2.07 bits per heavy atom. The Kier molecular flexibility index (Phi) is 8.24. The summed E-state index contributed by atoms with van der Waals surface area (Å²) in [7, 11) is 3.41. The predicted octanol–water partition coefficient (Wildman–Crippen LogP) is 3.85. The number of aromatic amines is 1. The van der Waals surface area contributed by atoms with Gasteiger partial charge in [-0.2, -0.15) is 0 Å². The van der Waals surface area contributed by atoms with Crippen LogP contribution in [0.4, 0.5) is 4.39 Å². The monoisotopic (exact) mass is 511 g/mol. The van der Waals surface area contributed by atoms with E-state index in [4.69, 9.17) is 4.74 Å². The maximum Gasteiger partial charge on any atom is 0.191 e. The minimum atomic E-state index is -0.236. The fourth-order valence-corrected chi connectivity index (χ4v) is 3.32. The van der Waals surface area contributed by atoms with Crippen LogP contribution in [0.5, 0.6) is 5.75 Å². The maximum absolute atomic E-state index is 13.3. The van der Waals surface area contributed by atoms with E-state index in [0.29, 0.717) is 19.0 Å². The number of aliphatic imine (C=N–C) groups is 1. The molecule has 0 aliphatic carbocycles. The lowest BCUT2D eigenvalue weighted by atomic mass is 10.1. The van der Waals surface area contributed by atoms with E-state index >= 15 is 0 Å². The van der Waals surface area contributed by atoms with Crippen LogP contribution in [0.15, 0.2) is 35.6 Å². The molecule has 0 fully saturated rings. The van der Waals surface area contributed by atoms with Gasteiger partial charge in [0.25, 0.3) is 0 Å². The molecule has 0 unspecified atom stereocenters. The van der Waals surface area contributed by atoms with Gasteiger partial charge in [-0.15, -0.1) is 24.0 Å². The highest BCUT2D eigenvalue weighted by Gasteiger charge is 2.10. The fraction of sp³-hybridized carbons (Fsp3) is 0.333. The molecule has 29 heavy (non-hydrogen) atoms. The minimum absolute atomic E-state index is 0. The number of rotatable bonds is 6. The average Bonchev–Trinajstić information content (AvgIpc) is 3.08. The van der Waals surface area contributed by atoms with E-state index in [0.717, 1.165) is 45.5 Å². The highest BCUT2D eigenvalue weighted by atomic mass is 127. The number of H-pyrrole nitrogens is 1. The van der Waals surface area contributed by atoms with Gasteiger partial charge in [0.1, 0.15) is 11.6 Å². The van der Waals surface area contributed by atoms with Crippen molar-refractivity contribution in [1.82, 2.24) is 20.6 Å². The summed E-state index contributed by atoms with van der Waals surface area (Å²) in [6.07, 6.45) is 4.54. The van der Waals surface area contributed by atoms with Crippen molar-refractivity contribution in [3.05, 3.63) is 58.8 Å². The Balaban J connectivity index is 0.00000300. The molecule has 0 bridgehead atoms. The van der Waals surface area contributed by atoms with Gasteiger partial charge in [0.05, 0.1) is 19.3 Å². The van der Waals surface area contributed by atoms with Crippen LogP contribution in [0, 0.1) is 19.7 Å². The van der Waals surface area contributed by atoms with Crippen LogP contribution in [0.3, 0.4) is 0 Å². The Labute approximate surface area is 187 Å². The summed E-state index contributed by atoms with van der Waals surface area (Å²) in [5, 5.41) is 7.63. The molecule has 0 saturated heterocycles. The number of halogens is 2. The van der Waals surface area contributed by atoms with Crippen LogP contribution in [0.1, 0.15) is 22.4 Å². The number of hydrogen-bond donors (Lipinski definition) is 3. The fourth-order valence-electron chi connectivity index (χ4n) is 3.32. The number of guanidine groups is 1. The smallest absolute Gasteiger partial charge is 0.191 e. The van der Waals surface area contributed by atoms with Crippen molar-refractivity contribution in [3.8, 4) is 5.75 Å². The van der Waals surface area contributed by atoms with Crippen molar-refractivity contribution < 1.29 is 9.13 Å². The van der Waals surface area contributed by atoms with Gasteiger partial charge in [-0.3, -0.25) is 9.98 Å². The molecular formula is C21H27FIN5O. The van der Waals surface area contributed by atoms with E-state index in [1.165, 1.54) is 12.1 Å². The molecule has 3 N–H and O–H groups in total. The summed E-state index contributed by atoms with van der Waals surface area (Å²) in [4.78, 5) is 11.9. The summed E-state index contributed by atoms with van der Waals surface area (Å²) in [6.45, 7) is 5.24. The summed E-state index contributed by atoms with van der Waals surface area (Å²) in [5.41, 5.74) is 4.91. The standard InChI is InChI=1S/C21H26FN5O.HI/c1-13-10-25-19(14(2)20(13)28-4)12-27-21(23-3)24-8-7-15-11-26-18-9-16(22)5-6-17(15)18;/h5-6,9-11,26H,7-8,12H2,1-4H3,(H2,23,24,27);1H. The Morgan fingerprint density at radius 3 is 2.79 bits per heavy atom. The first-order chi connectivity index (χ1) is 13.5. The molecule has 0 radical (unpaired) electrons. The van der Waals surface area contributed by atoms with E-state index < -0.39 is 0 Å². The molecule has 156 valence electrons. The highest BCUT2D eigenvalue weighted by Crippen LogP contribution is 2.23. The van der Waals surface area contributed by atoms with Crippen molar-refractivity contribution in [1.29, 1.82) is 0 Å². The lowest BCUT2D eigenvalue weighted by Gasteiger charge is -2.15. The van der Waals surface area contributed by atoms with Gasteiger partial charge in [0.15, 0.2) is 5.96 Å². The quantitative estimate of drug-likeness (QED) is 0.267. The van der Waals surface area contributed by atoms with Gasteiger partial charge in [-0.1, -0.05) is 0 Å². The number of nitrogens with zero attached hydrogens (tertiary/aromatic N) is 2. The van der Waals surface area contributed by atoms with Gasteiger partial charge < -0.3 is 20.4 Å². The number of fused-ring (bicyclic) bond motifs is 1. The summed E-state index contributed by atoms with van der Waals surface area (Å²) >= 11 is 0. The molecule has 1 aromatic carbocycles. The third kappa shape index (κ3) is 5.37. The molecule has 2 heterocycles. The molecule has 8 heteroatoms. The molecule has 3 aromatic rings. The normalized spacial score (nSPS) is 11.3. The van der Waals surface area contributed by atoms with Crippen molar-refractivity contribution >= 4 is 40.8 Å². The molecule has 0 aliphatic heterocycles. The molecule has 0 spiro atoms. The van der Waals surface area contributed by atoms with E-state index in [-0.39, 0.29) is 29.8 Å². The first kappa shape index (κ1) is 22.9. The summed E-state index contributed by atoms with van der Waals surface area (Å²) in [6, 6.07) is 4.81.